The van der Waals surface area contributed by atoms with E-state index in [4.69, 9.17) is 29.4 Å². The number of methoxy groups -OCH3 is 2. The third-order valence-electron chi connectivity index (χ3n) is 9.53. The zero-order chi connectivity index (χ0) is 49.2. The zero-order valence-corrected chi connectivity index (χ0v) is 37.0. The molecule has 0 saturated carbocycles. The molecule has 0 aliphatic rings. The number of nitriles is 1. The number of hydrogen-bond donors (Lipinski definition) is 6. The summed E-state index contributed by atoms with van der Waals surface area (Å²) >= 11 is 0. The predicted octanol–water partition coefficient (Wildman–Crippen LogP) is 7.17. The summed E-state index contributed by atoms with van der Waals surface area (Å²) in [5.74, 6) is -3.70. The predicted molar refractivity (Wildman–Crippen MR) is 256 cm³/mol. The molecule has 348 valence electrons. The van der Waals surface area contributed by atoms with E-state index in [0.717, 1.165) is 0 Å². The number of hydrogen-bond acceptors (Lipinski definition) is 13. The van der Waals surface area contributed by atoms with E-state index in [2.05, 4.69) is 46.3 Å². The molecule has 5 aromatic carbocycles. The first kappa shape index (κ1) is 49.6. The van der Waals surface area contributed by atoms with E-state index in [1.54, 1.807) is 24.3 Å². The molecule has 0 radical (unpaired) electrons. The average Bonchev–Trinajstić information content (AvgIpc) is 3.34. The molecule has 0 aliphatic heterocycles. The van der Waals surface area contributed by atoms with Gasteiger partial charge in [-0.25, -0.2) is 4.79 Å². The van der Waals surface area contributed by atoms with Crippen LogP contribution in [0.15, 0.2) is 135 Å². The van der Waals surface area contributed by atoms with Crippen LogP contribution in [0.2, 0.25) is 0 Å². The van der Waals surface area contributed by atoms with E-state index >= 15 is 0 Å². The van der Waals surface area contributed by atoms with Crippen molar-refractivity contribution in [3.05, 3.63) is 163 Å². The maximum atomic E-state index is 13.9. The Morgan fingerprint density at radius 1 is 0.574 bits per heavy atom. The molecule has 18 heteroatoms. The normalized spacial score (nSPS) is 10.7. The molecule has 0 spiro atoms. The van der Waals surface area contributed by atoms with Crippen LogP contribution in [0.1, 0.15) is 58.2 Å². The van der Waals surface area contributed by atoms with Crippen molar-refractivity contribution < 1.29 is 52.5 Å². The molecule has 7 N–H and O–H groups in total. The Morgan fingerprint density at radius 3 is 1.54 bits per heavy atom. The fraction of sp³-hybridized carbons (Fsp3) is 0.140. The standard InChI is InChI=1S/C50H47N7O11/c1-6-27-66-41-36(48(61)56-39-24-22-37(50(63)68-29-8-3)42(44(39)65-5)67-28-7-2)21-23-38(43(41)64-4)55-46(59)31-13-19-35(20-14-31)54-49(62)40(25-26-51)57-47(60)32-11-17-34(18-12-32)53-45(58)30-9-15-33(52)16-10-30/h6-24,40H,1-3,25,27-29,52H2,4-5H3,(H,53,58)(H,54,62)(H,55,59)(H,56,61)(H,57,60)/t40-/m0/s1. The SMILES string of the molecule is C=CCOC(=O)c1ccc(NC(=O)c2ccc(NC(=O)c3ccc(NC(=O)[C@H](CC#N)NC(=O)c4ccc(NC(=O)c5ccc(N)cc5)cc4)cc3)c(OC)c2OCC=C)c(OC)c1OCC=C. The molecule has 18 nitrogen and oxygen atoms in total. The minimum Gasteiger partial charge on any atom is -0.491 e. The smallest absolute Gasteiger partial charge is 0.342 e. The molecule has 0 aliphatic carbocycles. The summed E-state index contributed by atoms with van der Waals surface area (Å²) in [6.07, 6.45) is 3.98. The van der Waals surface area contributed by atoms with Gasteiger partial charge >= 0.3 is 5.97 Å². The summed E-state index contributed by atoms with van der Waals surface area (Å²) in [6, 6.07) is 24.4. The monoisotopic (exact) mass is 921 g/mol. The lowest BCUT2D eigenvalue weighted by atomic mass is 10.1. The molecule has 0 aromatic heterocycles. The van der Waals surface area contributed by atoms with Gasteiger partial charge in [0.15, 0.2) is 23.0 Å². The molecule has 0 bridgehead atoms. The van der Waals surface area contributed by atoms with Crippen molar-refractivity contribution in [1.29, 1.82) is 5.26 Å². The summed E-state index contributed by atoms with van der Waals surface area (Å²) in [5, 5.41) is 22.9. The molecule has 5 aromatic rings. The van der Waals surface area contributed by atoms with Crippen molar-refractivity contribution >= 4 is 63.9 Å². The number of carbonyl (C=O) groups excluding carboxylic acids is 6. The fourth-order valence-electron chi connectivity index (χ4n) is 6.25. The molecule has 5 rings (SSSR count). The largest absolute Gasteiger partial charge is 0.491 e. The van der Waals surface area contributed by atoms with Gasteiger partial charge in [-0.15, -0.1) is 0 Å². The Labute approximate surface area is 391 Å². The van der Waals surface area contributed by atoms with Crippen LogP contribution in [0.4, 0.5) is 28.4 Å². The molecule has 0 saturated heterocycles. The number of amides is 5. The quantitative estimate of drug-likeness (QED) is 0.0229. The van der Waals surface area contributed by atoms with Crippen molar-refractivity contribution in [2.45, 2.75) is 12.5 Å². The van der Waals surface area contributed by atoms with Gasteiger partial charge in [0.25, 0.3) is 23.6 Å². The van der Waals surface area contributed by atoms with Gasteiger partial charge in [0.1, 0.15) is 31.4 Å². The molecule has 1 atom stereocenters. The molecular formula is C50H47N7O11. The van der Waals surface area contributed by atoms with Gasteiger partial charge in [-0.05, 0) is 97.1 Å². The minimum absolute atomic E-state index is 0.000795. The first-order valence-electron chi connectivity index (χ1n) is 20.5. The lowest BCUT2D eigenvalue weighted by Gasteiger charge is -2.20. The van der Waals surface area contributed by atoms with Crippen LogP contribution in [-0.4, -0.2) is 75.6 Å². The number of anilines is 5. The zero-order valence-electron chi connectivity index (χ0n) is 37.0. The van der Waals surface area contributed by atoms with E-state index in [0.29, 0.717) is 16.9 Å². The lowest BCUT2D eigenvalue weighted by Crippen LogP contribution is -2.43. The van der Waals surface area contributed by atoms with Crippen LogP contribution in [0.3, 0.4) is 0 Å². The van der Waals surface area contributed by atoms with Gasteiger partial charge in [-0.2, -0.15) is 5.26 Å². The second kappa shape index (κ2) is 24.1. The molecule has 0 fully saturated rings. The summed E-state index contributed by atoms with van der Waals surface area (Å²) in [6.45, 7) is 10.8. The van der Waals surface area contributed by atoms with E-state index in [-0.39, 0.29) is 94.5 Å². The number of rotatable bonds is 22. The Morgan fingerprint density at radius 2 is 1.03 bits per heavy atom. The topological polar surface area (TPSA) is 259 Å². The number of benzene rings is 5. The summed E-state index contributed by atoms with van der Waals surface area (Å²) in [5.41, 5.74) is 7.91. The number of nitrogens with two attached hydrogens (primary N) is 1. The van der Waals surface area contributed by atoms with Crippen molar-refractivity contribution in [2.75, 3.05) is 61.0 Å². The Kier molecular flexibility index (Phi) is 17.6. The van der Waals surface area contributed by atoms with Gasteiger partial charge < -0.3 is 56.0 Å². The van der Waals surface area contributed by atoms with Crippen LogP contribution in [0.25, 0.3) is 0 Å². The maximum Gasteiger partial charge on any atom is 0.342 e. The molecule has 0 unspecified atom stereocenters. The van der Waals surface area contributed by atoms with Crippen molar-refractivity contribution in [3.63, 3.8) is 0 Å². The second-order valence-corrected chi connectivity index (χ2v) is 14.1. The number of nitrogen functional groups attached to an aromatic ring is 1. The Bertz CT molecular complexity index is 2750. The van der Waals surface area contributed by atoms with Crippen LogP contribution in [-0.2, 0) is 9.53 Å². The third kappa shape index (κ3) is 12.7. The van der Waals surface area contributed by atoms with Gasteiger partial charge in [-0.3, -0.25) is 24.0 Å². The highest BCUT2D eigenvalue weighted by Crippen LogP contribution is 2.42. The first-order chi connectivity index (χ1) is 32.8. The number of carbonyl (C=O) groups is 6. The van der Waals surface area contributed by atoms with Crippen LogP contribution < -0.4 is 51.3 Å². The van der Waals surface area contributed by atoms with Crippen LogP contribution in [0.5, 0.6) is 23.0 Å². The highest BCUT2D eigenvalue weighted by atomic mass is 16.5. The van der Waals surface area contributed by atoms with Gasteiger partial charge in [0.05, 0.1) is 43.6 Å². The maximum absolute atomic E-state index is 13.9. The molecule has 68 heavy (non-hydrogen) atoms. The van der Waals surface area contributed by atoms with Crippen molar-refractivity contribution in [1.82, 2.24) is 5.32 Å². The highest BCUT2D eigenvalue weighted by Gasteiger charge is 2.27. The summed E-state index contributed by atoms with van der Waals surface area (Å²) < 4.78 is 28.1. The van der Waals surface area contributed by atoms with Crippen molar-refractivity contribution in [3.8, 4) is 29.1 Å². The van der Waals surface area contributed by atoms with Gasteiger partial charge in [-0.1, -0.05) is 38.0 Å². The first-order valence-corrected chi connectivity index (χ1v) is 20.5. The fourth-order valence-corrected chi connectivity index (χ4v) is 6.25. The minimum atomic E-state index is -1.25. The van der Waals surface area contributed by atoms with Crippen LogP contribution in [0, 0.1) is 11.3 Å². The highest BCUT2D eigenvalue weighted by molar-refractivity contribution is 6.11. The van der Waals surface area contributed by atoms with E-state index in [9.17, 15) is 34.0 Å². The number of nitrogens with zero attached hydrogens (tertiary/aromatic N) is 1. The summed E-state index contributed by atoms with van der Waals surface area (Å²) in [7, 11) is 2.66. The average molecular weight is 922 g/mol. The van der Waals surface area contributed by atoms with Crippen LogP contribution >= 0.6 is 0 Å². The molecular weight excluding hydrogens is 875 g/mol. The Hall–Kier alpha value is -9.37. The number of esters is 1. The van der Waals surface area contributed by atoms with E-state index < -0.39 is 35.6 Å². The number of ether oxygens (including phenoxy) is 5. The molecule has 0 heterocycles. The van der Waals surface area contributed by atoms with E-state index in [1.807, 2.05) is 6.07 Å². The molecule has 5 amide bonds. The Balaban J connectivity index is 1.26. The lowest BCUT2D eigenvalue weighted by molar-refractivity contribution is -0.117. The number of nitrogens with one attached hydrogen (secondary N) is 5. The third-order valence-corrected chi connectivity index (χ3v) is 9.53. The van der Waals surface area contributed by atoms with Gasteiger partial charge in [0, 0.05) is 33.8 Å². The second-order valence-electron chi connectivity index (χ2n) is 14.1. The van der Waals surface area contributed by atoms with Crippen molar-refractivity contribution in [2.24, 2.45) is 0 Å². The summed E-state index contributed by atoms with van der Waals surface area (Å²) in [4.78, 5) is 79.2. The van der Waals surface area contributed by atoms with E-state index in [1.165, 1.54) is 105 Å². The van der Waals surface area contributed by atoms with Gasteiger partial charge in [0.2, 0.25) is 5.91 Å².